The lowest BCUT2D eigenvalue weighted by molar-refractivity contribution is -0.119. The Kier molecular flexibility index (Phi) is 5.21. The van der Waals surface area contributed by atoms with Crippen LogP contribution in [0.4, 0.5) is 0 Å². The molecule has 2 amide bonds. The van der Waals surface area contributed by atoms with Crippen LogP contribution in [0.15, 0.2) is 60.8 Å². The molecule has 0 radical (unpaired) electrons. The van der Waals surface area contributed by atoms with E-state index in [9.17, 15) is 9.59 Å². The van der Waals surface area contributed by atoms with E-state index in [-0.39, 0.29) is 0 Å². The lowest BCUT2D eigenvalue weighted by Crippen LogP contribution is -2.42. The number of aromatic nitrogens is 2. The number of carbonyl (C=O) groups excluding carboxylic acids is 2. The molecule has 1 heterocycles. The lowest BCUT2D eigenvalue weighted by Gasteiger charge is -2.11. The van der Waals surface area contributed by atoms with Crippen LogP contribution in [0.25, 0.3) is 16.9 Å². The molecule has 1 atom stereocenters. The summed E-state index contributed by atoms with van der Waals surface area (Å²) in [4.78, 5) is 24.1. The predicted octanol–water partition coefficient (Wildman–Crippen LogP) is 2.15. The van der Waals surface area contributed by atoms with Crippen molar-refractivity contribution in [3.05, 3.63) is 66.4 Å². The number of amides is 2. The normalized spacial score (nSPS) is 11.6. The van der Waals surface area contributed by atoms with Crippen LogP contribution in [-0.2, 0) is 4.79 Å². The van der Waals surface area contributed by atoms with E-state index in [1.807, 2.05) is 48.5 Å². The molecule has 0 saturated carbocycles. The van der Waals surface area contributed by atoms with E-state index >= 15 is 0 Å². The lowest BCUT2D eigenvalue weighted by atomic mass is 10.1. The zero-order chi connectivity index (χ0) is 19.4. The molecule has 0 bridgehead atoms. The number of nitrogens with two attached hydrogens (primary N) is 1. The van der Waals surface area contributed by atoms with E-state index in [1.165, 1.54) is 6.92 Å². The van der Waals surface area contributed by atoms with Gasteiger partial charge in [0, 0.05) is 11.8 Å². The largest absolute Gasteiger partial charge is 0.496 e. The molecule has 0 aliphatic heterocycles. The summed E-state index contributed by atoms with van der Waals surface area (Å²) in [5, 5.41) is 7.19. The first-order chi connectivity index (χ1) is 13.0. The summed E-state index contributed by atoms with van der Waals surface area (Å²) in [7, 11) is 1.56. The average molecular weight is 364 g/mol. The van der Waals surface area contributed by atoms with Gasteiger partial charge in [-0.05, 0) is 31.2 Å². The number of ether oxygens (including phenoxy) is 1. The van der Waals surface area contributed by atoms with E-state index in [2.05, 4.69) is 10.4 Å². The number of primary amides is 1. The zero-order valence-corrected chi connectivity index (χ0v) is 15.0. The molecule has 0 saturated heterocycles. The van der Waals surface area contributed by atoms with Crippen LogP contribution >= 0.6 is 0 Å². The summed E-state index contributed by atoms with van der Waals surface area (Å²) >= 11 is 0. The number of methoxy groups -OCH3 is 1. The van der Waals surface area contributed by atoms with Gasteiger partial charge in [-0.2, -0.15) is 5.10 Å². The van der Waals surface area contributed by atoms with E-state index in [0.717, 1.165) is 5.69 Å². The van der Waals surface area contributed by atoms with Crippen molar-refractivity contribution in [2.45, 2.75) is 13.0 Å². The molecule has 7 nitrogen and oxygen atoms in total. The minimum Gasteiger partial charge on any atom is -0.496 e. The van der Waals surface area contributed by atoms with E-state index in [0.29, 0.717) is 22.6 Å². The fourth-order valence-corrected chi connectivity index (χ4v) is 2.64. The van der Waals surface area contributed by atoms with E-state index in [1.54, 1.807) is 24.1 Å². The Hall–Kier alpha value is -3.61. The summed E-state index contributed by atoms with van der Waals surface area (Å²) < 4.78 is 7.03. The zero-order valence-electron chi connectivity index (χ0n) is 15.0. The molecule has 3 aromatic rings. The summed E-state index contributed by atoms with van der Waals surface area (Å²) in [6.45, 7) is 1.53. The van der Waals surface area contributed by atoms with Gasteiger partial charge in [0.15, 0.2) is 0 Å². The number of hydrogen-bond acceptors (Lipinski definition) is 4. The molecule has 138 valence electrons. The highest BCUT2D eigenvalue weighted by Gasteiger charge is 2.23. The molecule has 0 aliphatic carbocycles. The molecule has 0 aliphatic rings. The van der Waals surface area contributed by atoms with Crippen LogP contribution in [0.1, 0.15) is 17.3 Å². The number of benzene rings is 2. The van der Waals surface area contributed by atoms with Gasteiger partial charge in [0.25, 0.3) is 5.91 Å². The van der Waals surface area contributed by atoms with Gasteiger partial charge in [-0.1, -0.05) is 30.3 Å². The first-order valence-electron chi connectivity index (χ1n) is 8.40. The van der Waals surface area contributed by atoms with Gasteiger partial charge in [-0.15, -0.1) is 0 Å². The Bertz CT molecular complexity index is 966. The molecule has 3 rings (SSSR count). The van der Waals surface area contributed by atoms with Gasteiger partial charge in [-0.3, -0.25) is 9.59 Å². The van der Waals surface area contributed by atoms with Crippen LogP contribution in [0, 0.1) is 0 Å². The van der Waals surface area contributed by atoms with Crippen LogP contribution in [0.2, 0.25) is 0 Å². The predicted molar refractivity (Wildman–Crippen MR) is 102 cm³/mol. The molecule has 0 fully saturated rings. The number of carbonyl (C=O) groups is 2. The Morgan fingerprint density at radius 2 is 1.78 bits per heavy atom. The van der Waals surface area contributed by atoms with Gasteiger partial charge in [0.1, 0.15) is 17.5 Å². The molecule has 7 heteroatoms. The topological polar surface area (TPSA) is 99.2 Å². The van der Waals surface area contributed by atoms with E-state index in [4.69, 9.17) is 10.5 Å². The fourth-order valence-electron chi connectivity index (χ4n) is 2.64. The number of nitrogens with zero attached hydrogens (tertiary/aromatic N) is 2. The minimum absolute atomic E-state index is 0.316. The number of nitrogens with one attached hydrogen (secondary N) is 1. The third kappa shape index (κ3) is 3.82. The van der Waals surface area contributed by atoms with Crippen molar-refractivity contribution in [3.63, 3.8) is 0 Å². The highest BCUT2D eigenvalue weighted by molar-refractivity contribution is 6.02. The maximum absolute atomic E-state index is 12.8. The Morgan fingerprint density at radius 3 is 2.44 bits per heavy atom. The van der Waals surface area contributed by atoms with Crippen molar-refractivity contribution >= 4 is 11.8 Å². The van der Waals surface area contributed by atoms with Crippen LogP contribution in [0.3, 0.4) is 0 Å². The van der Waals surface area contributed by atoms with Crippen LogP contribution in [0.5, 0.6) is 5.75 Å². The summed E-state index contributed by atoms with van der Waals surface area (Å²) in [5.41, 5.74) is 7.50. The first kappa shape index (κ1) is 18.2. The smallest absolute Gasteiger partial charge is 0.255 e. The Morgan fingerprint density at radius 1 is 1.11 bits per heavy atom. The monoisotopic (exact) mass is 364 g/mol. The summed E-state index contributed by atoms with van der Waals surface area (Å²) in [6, 6.07) is 15.9. The van der Waals surface area contributed by atoms with E-state index < -0.39 is 17.9 Å². The maximum Gasteiger partial charge on any atom is 0.255 e. The molecule has 3 N–H and O–H groups in total. The van der Waals surface area contributed by atoms with Crippen molar-refractivity contribution in [1.82, 2.24) is 15.1 Å². The van der Waals surface area contributed by atoms with Crippen LogP contribution in [-0.4, -0.2) is 34.7 Å². The van der Waals surface area contributed by atoms with Crippen molar-refractivity contribution in [3.8, 4) is 22.7 Å². The molecule has 27 heavy (non-hydrogen) atoms. The number of hydrogen-bond donors (Lipinski definition) is 2. The fraction of sp³-hybridized carbons (Fsp3) is 0.150. The molecule has 0 spiro atoms. The van der Waals surface area contributed by atoms with Gasteiger partial charge in [0.05, 0.1) is 18.4 Å². The second-order valence-corrected chi connectivity index (χ2v) is 5.97. The van der Waals surface area contributed by atoms with Gasteiger partial charge >= 0.3 is 0 Å². The number of para-hydroxylation sites is 2. The molecule has 2 aromatic carbocycles. The standard InChI is InChI=1S/C20H20N4O3/c1-13(19(21)25)22-20(26)16-12-24(14-8-4-3-5-9-14)23-18(16)15-10-6-7-11-17(15)27-2/h3-13H,1-2H3,(H2,21,25)(H,22,26). The summed E-state index contributed by atoms with van der Waals surface area (Å²) in [6.07, 6.45) is 1.63. The Labute approximate surface area is 156 Å². The third-order valence-corrected chi connectivity index (χ3v) is 4.12. The molecule has 1 unspecified atom stereocenters. The second kappa shape index (κ2) is 7.74. The average Bonchev–Trinajstić information content (AvgIpc) is 3.14. The minimum atomic E-state index is -0.803. The SMILES string of the molecule is COc1ccccc1-c1nn(-c2ccccc2)cc1C(=O)NC(C)C(N)=O. The summed E-state index contributed by atoms with van der Waals surface area (Å²) in [5.74, 6) is -0.463. The highest BCUT2D eigenvalue weighted by Crippen LogP contribution is 2.31. The molecular weight excluding hydrogens is 344 g/mol. The highest BCUT2D eigenvalue weighted by atomic mass is 16.5. The second-order valence-electron chi connectivity index (χ2n) is 5.97. The van der Waals surface area contributed by atoms with Gasteiger partial charge < -0.3 is 15.8 Å². The molecular formula is C20H20N4O3. The van der Waals surface area contributed by atoms with Gasteiger partial charge in [0.2, 0.25) is 5.91 Å². The maximum atomic E-state index is 12.8. The van der Waals surface area contributed by atoms with Crippen molar-refractivity contribution in [1.29, 1.82) is 0 Å². The van der Waals surface area contributed by atoms with Crippen molar-refractivity contribution < 1.29 is 14.3 Å². The van der Waals surface area contributed by atoms with Crippen molar-refractivity contribution in [2.75, 3.05) is 7.11 Å². The third-order valence-electron chi connectivity index (χ3n) is 4.12. The molecule has 1 aromatic heterocycles. The van der Waals surface area contributed by atoms with Crippen molar-refractivity contribution in [2.24, 2.45) is 5.73 Å². The Balaban J connectivity index is 2.11. The van der Waals surface area contributed by atoms with Gasteiger partial charge in [-0.25, -0.2) is 4.68 Å². The first-order valence-corrected chi connectivity index (χ1v) is 8.40. The quantitative estimate of drug-likeness (QED) is 0.700. The number of rotatable bonds is 6. The van der Waals surface area contributed by atoms with Crippen LogP contribution < -0.4 is 15.8 Å².